The molecule has 1 N–H and O–H groups in total. The van der Waals surface area contributed by atoms with Crippen molar-refractivity contribution in [2.45, 2.75) is 39.3 Å². The van der Waals surface area contributed by atoms with Crippen molar-refractivity contribution in [1.82, 2.24) is 4.90 Å². The zero-order valence-electron chi connectivity index (χ0n) is 18.0. The lowest BCUT2D eigenvalue weighted by Gasteiger charge is -2.28. The number of hydrogen-bond acceptors (Lipinski definition) is 3. The van der Waals surface area contributed by atoms with Crippen LogP contribution in [0.25, 0.3) is 11.1 Å². The highest BCUT2D eigenvalue weighted by atomic mass is 16.5. The zero-order chi connectivity index (χ0) is 21.6. The van der Waals surface area contributed by atoms with E-state index in [0.29, 0.717) is 13.2 Å². The Bertz CT molecular complexity index is 1050. The van der Waals surface area contributed by atoms with Crippen molar-refractivity contribution in [1.29, 1.82) is 0 Å². The van der Waals surface area contributed by atoms with Crippen LogP contribution in [0.3, 0.4) is 0 Å². The maximum atomic E-state index is 10.8. The lowest BCUT2D eigenvalue weighted by Crippen LogP contribution is -2.32. The largest absolute Gasteiger partial charge is 0.489 e. The molecule has 0 saturated heterocycles. The first kappa shape index (κ1) is 21.1. The van der Waals surface area contributed by atoms with Crippen LogP contribution in [0.5, 0.6) is 5.75 Å². The fraction of sp³-hybridized carbons (Fsp3) is 0.296. The number of aryl methyl sites for hydroxylation is 1. The summed E-state index contributed by atoms with van der Waals surface area (Å²) in [6.07, 6.45) is 2.11. The number of rotatable bonds is 8. The molecule has 0 spiro atoms. The van der Waals surface area contributed by atoms with E-state index >= 15 is 0 Å². The number of carboxylic acid groups (broad SMARTS) is 1. The van der Waals surface area contributed by atoms with Crippen LogP contribution >= 0.6 is 0 Å². The fourth-order valence-electron chi connectivity index (χ4n) is 4.22. The van der Waals surface area contributed by atoms with Crippen molar-refractivity contribution < 1.29 is 14.6 Å². The summed E-state index contributed by atoms with van der Waals surface area (Å²) in [4.78, 5) is 13.0. The number of aliphatic carboxylic acids is 1. The van der Waals surface area contributed by atoms with Crippen molar-refractivity contribution >= 4 is 5.97 Å². The summed E-state index contributed by atoms with van der Waals surface area (Å²) >= 11 is 0. The van der Waals surface area contributed by atoms with Crippen LogP contribution in [0, 0.1) is 0 Å². The van der Waals surface area contributed by atoms with E-state index in [4.69, 9.17) is 9.84 Å². The minimum Gasteiger partial charge on any atom is -0.489 e. The molecule has 0 radical (unpaired) electrons. The Balaban J connectivity index is 1.40. The third-order valence-corrected chi connectivity index (χ3v) is 5.95. The second-order valence-electron chi connectivity index (χ2n) is 8.10. The molecule has 0 aliphatic carbocycles. The molecule has 4 nitrogen and oxygen atoms in total. The van der Waals surface area contributed by atoms with Gasteiger partial charge in [0.15, 0.2) is 0 Å². The summed E-state index contributed by atoms with van der Waals surface area (Å²) in [5.74, 6) is 0.162. The first-order chi connectivity index (χ1) is 15.1. The molecule has 0 unspecified atom stereocenters. The number of benzene rings is 3. The summed E-state index contributed by atoms with van der Waals surface area (Å²) in [6, 6.07) is 23.4. The molecule has 0 aromatic heterocycles. The Labute approximate surface area is 184 Å². The van der Waals surface area contributed by atoms with Gasteiger partial charge in [0, 0.05) is 19.6 Å². The van der Waals surface area contributed by atoms with Gasteiger partial charge in [0.2, 0.25) is 0 Å². The van der Waals surface area contributed by atoms with Gasteiger partial charge >= 0.3 is 5.97 Å². The molecule has 0 fully saturated rings. The van der Waals surface area contributed by atoms with E-state index in [9.17, 15) is 4.79 Å². The van der Waals surface area contributed by atoms with Gasteiger partial charge in [-0.25, -0.2) is 0 Å². The van der Waals surface area contributed by atoms with Crippen LogP contribution in [-0.4, -0.2) is 29.1 Å². The van der Waals surface area contributed by atoms with Crippen molar-refractivity contribution in [3.8, 4) is 16.9 Å². The molecule has 0 atom stereocenters. The minimum atomic E-state index is -0.735. The monoisotopic (exact) mass is 415 g/mol. The van der Waals surface area contributed by atoms with Crippen molar-refractivity contribution in [3.63, 3.8) is 0 Å². The Morgan fingerprint density at radius 3 is 2.65 bits per heavy atom. The minimum absolute atomic E-state index is 0.198. The van der Waals surface area contributed by atoms with E-state index < -0.39 is 5.97 Å². The molecule has 1 aliphatic heterocycles. The van der Waals surface area contributed by atoms with E-state index in [2.05, 4.69) is 72.5 Å². The summed E-state index contributed by atoms with van der Waals surface area (Å²) < 4.78 is 6.13. The number of fused-ring (bicyclic) bond motifs is 1. The average molecular weight is 416 g/mol. The highest BCUT2D eigenvalue weighted by Crippen LogP contribution is 2.28. The zero-order valence-corrected chi connectivity index (χ0v) is 18.0. The molecular weight excluding hydrogens is 386 g/mol. The van der Waals surface area contributed by atoms with Gasteiger partial charge in [0.25, 0.3) is 0 Å². The molecule has 31 heavy (non-hydrogen) atoms. The van der Waals surface area contributed by atoms with E-state index in [1.54, 1.807) is 0 Å². The average Bonchev–Trinajstić information content (AvgIpc) is 2.81. The van der Waals surface area contributed by atoms with Gasteiger partial charge in [-0.3, -0.25) is 9.69 Å². The maximum absolute atomic E-state index is 10.8. The molecule has 3 aromatic rings. The van der Waals surface area contributed by atoms with Gasteiger partial charge in [-0.05, 0) is 58.4 Å². The molecule has 0 saturated carbocycles. The van der Waals surface area contributed by atoms with E-state index in [1.165, 1.54) is 33.4 Å². The molecule has 3 aromatic carbocycles. The standard InChI is InChI=1S/C27H29NO3/c1-2-21-17-25(10-11-26(21)22-6-4-3-5-7-22)31-19-20-8-9-24-18-28(15-13-27(29)30)14-12-23(24)16-20/h3-11,16-17H,2,12-15,18-19H2,1H3,(H,29,30). The maximum Gasteiger partial charge on any atom is 0.304 e. The summed E-state index contributed by atoms with van der Waals surface area (Å²) in [5, 5.41) is 8.89. The van der Waals surface area contributed by atoms with Crippen LogP contribution < -0.4 is 4.74 Å². The molecule has 1 aliphatic rings. The van der Waals surface area contributed by atoms with Crippen LogP contribution in [-0.2, 0) is 30.8 Å². The predicted molar refractivity (Wildman–Crippen MR) is 123 cm³/mol. The molecule has 4 heteroatoms. The number of hydrogen-bond donors (Lipinski definition) is 1. The first-order valence-electron chi connectivity index (χ1n) is 11.0. The van der Waals surface area contributed by atoms with Gasteiger partial charge in [0.05, 0.1) is 6.42 Å². The van der Waals surface area contributed by atoms with Crippen LogP contribution in [0.4, 0.5) is 0 Å². The quantitative estimate of drug-likeness (QED) is 0.540. The highest BCUT2D eigenvalue weighted by molar-refractivity contribution is 5.68. The number of nitrogens with zero attached hydrogens (tertiary/aromatic N) is 1. The molecule has 1 heterocycles. The van der Waals surface area contributed by atoms with Gasteiger partial charge in [0.1, 0.15) is 12.4 Å². The van der Waals surface area contributed by atoms with Crippen LogP contribution in [0.15, 0.2) is 66.7 Å². The lowest BCUT2D eigenvalue weighted by molar-refractivity contribution is -0.137. The van der Waals surface area contributed by atoms with Gasteiger partial charge in [-0.1, -0.05) is 61.5 Å². The van der Waals surface area contributed by atoms with Crippen molar-refractivity contribution in [3.05, 3.63) is 89.0 Å². The second kappa shape index (κ2) is 9.80. The third-order valence-electron chi connectivity index (χ3n) is 5.95. The number of carboxylic acids is 1. The smallest absolute Gasteiger partial charge is 0.304 e. The Morgan fingerprint density at radius 1 is 1.03 bits per heavy atom. The van der Waals surface area contributed by atoms with E-state index in [-0.39, 0.29) is 6.42 Å². The van der Waals surface area contributed by atoms with Gasteiger partial charge in [-0.2, -0.15) is 0 Å². The predicted octanol–water partition coefficient (Wildman–Crippen LogP) is 5.33. The summed E-state index contributed by atoms with van der Waals surface area (Å²) in [7, 11) is 0. The number of ether oxygens (including phenoxy) is 1. The van der Waals surface area contributed by atoms with E-state index in [0.717, 1.165) is 31.7 Å². The Morgan fingerprint density at radius 2 is 1.87 bits per heavy atom. The van der Waals surface area contributed by atoms with E-state index in [1.807, 2.05) is 6.07 Å². The van der Waals surface area contributed by atoms with Gasteiger partial charge in [-0.15, -0.1) is 0 Å². The molecular formula is C27H29NO3. The lowest BCUT2D eigenvalue weighted by atomic mass is 9.97. The van der Waals surface area contributed by atoms with Crippen LogP contribution in [0.1, 0.15) is 35.6 Å². The molecule has 160 valence electrons. The third kappa shape index (κ3) is 5.33. The SMILES string of the molecule is CCc1cc(OCc2ccc3c(c2)CCN(CCC(=O)O)C3)ccc1-c1ccccc1. The molecule has 0 amide bonds. The topological polar surface area (TPSA) is 49.8 Å². The van der Waals surface area contributed by atoms with Crippen molar-refractivity contribution in [2.75, 3.05) is 13.1 Å². The summed E-state index contributed by atoms with van der Waals surface area (Å²) in [6.45, 7) is 5.06. The normalized spacial score (nSPS) is 13.6. The summed E-state index contributed by atoms with van der Waals surface area (Å²) in [5.41, 5.74) is 7.59. The number of carbonyl (C=O) groups is 1. The molecule has 4 rings (SSSR count). The van der Waals surface area contributed by atoms with Gasteiger partial charge < -0.3 is 9.84 Å². The highest BCUT2D eigenvalue weighted by Gasteiger charge is 2.17. The fourth-order valence-corrected chi connectivity index (χ4v) is 4.22. The van der Waals surface area contributed by atoms with Crippen LogP contribution in [0.2, 0.25) is 0 Å². The second-order valence-corrected chi connectivity index (χ2v) is 8.10. The Kier molecular flexibility index (Phi) is 6.68. The first-order valence-corrected chi connectivity index (χ1v) is 11.0. The Hall–Kier alpha value is -3.11. The molecule has 0 bridgehead atoms. The van der Waals surface area contributed by atoms with Crippen molar-refractivity contribution in [2.24, 2.45) is 0 Å².